The average Bonchev–Trinajstić information content (AvgIpc) is 1.57. The lowest BCUT2D eigenvalue weighted by Gasteiger charge is -2.42. The summed E-state index contributed by atoms with van der Waals surface area (Å²) in [5.74, 6) is -4.49. The van der Waals surface area contributed by atoms with Gasteiger partial charge in [0.05, 0.1) is 64.7 Å². The lowest BCUT2D eigenvalue weighted by atomic mass is 9.83. The average molecular weight is 1410 g/mol. The Labute approximate surface area is 585 Å². The molecule has 0 saturated carbocycles. The highest BCUT2D eigenvalue weighted by Gasteiger charge is 2.64. The maximum atomic E-state index is 14.4. The number of benzene rings is 3. The summed E-state index contributed by atoms with van der Waals surface area (Å²) in [5.41, 5.74) is 4.52. The number of nitrogens with zero attached hydrogens (tertiary/aromatic N) is 6. The number of carboxylic acids is 1. The summed E-state index contributed by atoms with van der Waals surface area (Å²) < 4.78 is 48.6. The first kappa shape index (κ1) is 75.2. The molecule has 0 unspecified atom stereocenters. The number of halogens is 1. The van der Waals surface area contributed by atoms with E-state index in [0.717, 1.165) is 44.5 Å². The minimum absolute atomic E-state index is 0.00900. The number of esters is 1. The van der Waals surface area contributed by atoms with Gasteiger partial charge in [-0.2, -0.15) is 0 Å². The molecule has 5 heterocycles. The van der Waals surface area contributed by atoms with Gasteiger partial charge in [-0.15, -0.1) is 0 Å². The van der Waals surface area contributed by atoms with Gasteiger partial charge in [0.2, 0.25) is 23.6 Å². The largest absolute Gasteiger partial charge is 0.495 e. The van der Waals surface area contributed by atoms with Crippen LogP contribution in [0.1, 0.15) is 94.5 Å². The Morgan fingerprint density at radius 2 is 1.62 bits per heavy atom. The minimum atomic E-state index is -1.90. The number of methoxy groups -OCH3 is 2. The van der Waals surface area contributed by atoms with E-state index in [1.807, 2.05) is 54.0 Å². The molecular weight excluding hydrogens is 1310 g/mol. The molecule has 538 valence electrons. The zero-order valence-corrected chi connectivity index (χ0v) is 58.8. The zero-order valence-electron chi connectivity index (χ0n) is 58.0. The van der Waals surface area contributed by atoms with Crippen LogP contribution in [0.25, 0.3) is 22.2 Å². The monoisotopic (exact) mass is 1400 g/mol. The third-order valence-corrected chi connectivity index (χ3v) is 19.4. The van der Waals surface area contributed by atoms with Crippen molar-refractivity contribution >= 4 is 76.1 Å². The number of likely N-dealkylation sites (N-methyl/N-ethyl adjacent to an activating group) is 1. The second-order valence-electron chi connectivity index (χ2n) is 25.8. The molecule has 100 heavy (non-hydrogen) atoms. The smallest absolute Gasteiger partial charge is 0.424 e. The number of aryl methyl sites for hydroxylation is 1. The zero-order chi connectivity index (χ0) is 72.2. The number of anilines is 1. The summed E-state index contributed by atoms with van der Waals surface area (Å²) in [4.78, 5) is 115. The molecule has 6 amide bonds. The number of pyridine rings is 1. The van der Waals surface area contributed by atoms with Gasteiger partial charge in [0, 0.05) is 96.8 Å². The molecule has 0 radical (unpaired) electrons. The van der Waals surface area contributed by atoms with Crippen LogP contribution in [0.2, 0.25) is 5.02 Å². The fourth-order valence-electron chi connectivity index (χ4n) is 13.0. The molecule has 4 bridgehead atoms. The highest BCUT2D eigenvalue weighted by molar-refractivity contribution is 6.35. The van der Waals surface area contributed by atoms with Gasteiger partial charge in [-0.25, -0.2) is 29.4 Å². The van der Waals surface area contributed by atoms with E-state index in [-0.39, 0.29) is 89.3 Å². The van der Waals surface area contributed by atoms with Gasteiger partial charge < -0.3 is 73.1 Å². The van der Waals surface area contributed by atoms with Crippen LogP contribution in [0.5, 0.6) is 5.75 Å². The quantitative estimate of drug-likeness (QED) is 0.0115. The summed E-state index contributed by atoms with van der Waals surface area (Å²) >= 11 is 6.84. The molecule has 28 heteroatoms. The van der Waals surface area contributed by atoms with E-state index >= 15 is 0 Å². The number of rotatable bonds is 27. The third kappa shape index (κ3) is 18.0. The van der Waals surface area contributed by atoms with Gasteiger partial charge in [-0.1, -0.05) is 90.9 Å². The molecule has 5 aromatic rings. The molecule has 2 saturated heterocycles. The highest BCUT2D eigenvalue weighted by atomic mass is 35.5. The Morgan fingerprint density at radius 1 is 0.920 bits per heavy atom. The topological polar surface area (TPSA) is 321 Å². The molecule has 1 aliphatic carbocycles. The summed E-state index contributed by atoms with van der Waals surface area (Å²) in [6.07, 6.45) is 0.515. The van der Waals surface area contributed by atoms with Crippen molar-refractivity contribution in [3.63, 3.8) is 0 Å². The Balaban J connectivity index is 0.726. The van der Waals surface area contributed by atoms with Crippen molar-refractivity contribution in [2.45, 2.75) is 139 Å². The number of hydrazine groups is 1. The number of aliphatic carboxylic acids is 1. The maximum absolute atomic E-state index is 14.4. The van der Waals surface area contributed by atoms with E-state index in [9.17, 15) is 48.6 Å². The molecule has 3 aliphatic heterocycles. The number of epoxide rings is 1. The van der Waals surface area contributed by atoms with E-state index in [1.165, 1.54) is 50.0 Å². The summed E-state index contributed by atoms with van der Waals surface area (Å²) in [5, 5.41) is 33.4. The van der Waals surface area contributed by atoms with Crippen molar-refractivity contribution in [1.29, 1.82) is 0 Å². The number of carboxylic acid groups (broad SMARTS) is 1. The predicted molar refractivity (Wildman–Crippen MR) is 368 cm³/mol. The van der Waals surface area contributed by atoms with Crippen molar-refractivity contribution < 1.29 is 86.5 Å². The molecule has 4 aliphatic rings. The molecule has 2 fully saturated rings. The first-order valence-electron chi connectivity index (χ1n) is 33.3. The van der Waals surface area contributed by atoms with Crippen LogP contribution in [-0.4, -0.2) is 212 Å². The van der Waals surface area contributed by atoms with Gasteiger partial charge >= 0.3 is 24.1 Å². The molecule has 2 aromatic heterocycles. The second kappa shape index (κ2) is 33.5. The van der Waals surface area contributed by atoms with Crippen molar-refractivity contribution in [3.8, 4) is 16.9 Å². The first-order chi connectivity index (χ1) is 47.7. The minimum Gasteiger partial charge on any atom is -0.495 e. The molecule has 0 spiro atoms. The number of hydrogen-bond acceptors (Lipinski definition) is 19. The van der Waals surface area contributed by atoms with Crippen molar-refractivity contribution in [2.24, 2.45) is 5.92 Å². The number of amides is 6. The third-order valence-electron chi connectivity index (χ3n) is 19.0. The molecule has 9 atom stereocenters. The normalized spacial score (nSPS) is 22.7. The van der Waals surface area contributed by atoms with Crippen LogP contribution in [0.15, 0.2) is 109 Å². The van der Waals surface area contributed by atoms with E-state index in [2.05, 4.69) is 45.2 Å². The number of nitrogens with one attached hydrogen (secondary N) is 3. The van der Waals surface area contributed by atoms with Crippen molar-refractivity contribution in [3.05, 3.63) is 136 Å². The molecule has 3 aromatic carbocycles. The van der Waals surface area contributed by atoms with Gasteiger partial charge in [0.25, 0.3) is 0 Å². The number of hydrogen-bond donors (Lipinski definition) is 5. The van der Waals surface area contributed by atoms with Gasteiger partial charge in [0.1, 0.15) is 59.0 Å². The number of carbonyl (C=O) groups is 8. The summed E-state index contributed by atoms with van der Waals surface area (Å²) in [7, 11) is 9.21. The first-order valence-corrected chi connectivity index (χ1v) is 33.6. The number of aliphatic hydroxyl groups is 1. The molecular formula is C72H90ClN9O18. The van der Waals surface area contributed by atoms with E-state index in [1.54, 1.807) is 69.5 Å². The SMILES string of the molecule is COc1cc2cc(c1Cl)N(C)C(=O)C[C@H](OC(=O)[C@H](C)N(C)C(=O)CCOCCOCCNC(=O)[C@H](CCC(=O)O)NC(=O)CCn1c(CN(C)N(C)C(=O)OCC3c4ccccc4-c4ccccc43)cc3cccnc31)[C@@]1(C)O[C@H]1[C@H](C)[C@@H]1C[C@@](O)(NC(=O)O1)[C@H](OC)/C=C/C=C(\C)C2. The second-order valence-corrected chi connectivity index (χ2v) is 26.2. The molecule has 9 rings (SSSR count). The fourth-order valence-corrected chi connectivity index (χ4v) is 13.3. The standard InChI is InChI=1S/C72H90ClN9O18/c1-43-17-15-23-58(94-10)72(92)40-57(98-69(90)77-72)44(2)65-71(4,100-65)59(39-62(85)80(7)55-36-46(35-43)37-56(93-9)64(55)73)99-68(89)45(3)79(6)61(84)27-31-95-33-34-96-32-29-75-67(88)54(24-25-63(86)87)76-60(83)26-30-82-48(38-47-18-16-28-74-66(47)82)41-78(5)81(8)70(91)97-42-53-51-21-13-11-19-49(51)50-20-12-14-22-52(50)53/h11-23,28,36-38,44-45,53-54,57-59,65,92H,24-27,29-35,39-42H2,1-10H3,(H,75,88)(H,76,83)(H,77,90)(H,86,87)/b23-15+,43-17+/t44-,45+,54+,57+,58-,59+,65+,71-,72+/m1/s1. The maximum Gasteiger partial charge on any atom is 0.424 e. The van der Waals surface area contributed by atoms with Crippen LogP contribution in [0.3, 0.4) is 0 Å². The van der Waals surface area contributed by atoms with Crippen LogP contribution < -0.4 is 25.6 Å². The van der Waals surface area contributed by atoms with Crippen LogP contribution in [0, 0.1) is 5.92 Å². The number of aromatic nitrogens is 2. The molecule has 27 nitrogen and oxygen atoms in total. The van der Waals surface area contributed by atoms with E-state index < -0.39 is 114 Å². The Hall–Kier alpha value is -8.96. The number of ether oxygens (including phenoxy) is 8. The molecule has 5 N–H and O–H groups in total. The Kier molecular flexibility index (Phi) is 25.2. The summed E-state index contributed by atoms with van der Waals surface area (Å²) in [6, 6.07) is 23.0. The number of alkyl carbamates (subject to hydrolysis) is 1. The van der Waals surface area contributed by atoms with E-state index in [0.29, 0.717) is 23.5 Å². The van der Waals surface area contributed by atoms with Gasteiger partial charge in [-0.05, 0) is 91.8 Å². The van der Waals surface area contributed by atoms with Gasteiger partial charge in [-0.3, -0.25) is 29.3 Å². The van der Waals surface area contributed by atoms with Crippen LogP contribution in [0.4, 0.5) is 15.3 Å². The highest BCUT2D eigenvalue weighted by Crippen LogP contribution is 2.50. The summed E-state index contributed by atoms with van der Waals surface area (Å²) in [6.45, 7) is 7.44. The van der Waals surface area contributed by atoms with Gasteiger partial charge in [0.15, 0.2) is 5.72 Å². The number of allylic oxidation sites excluding steroid dienone is 3. The number of fused-ring (bicyclic) bond motifs is 9. The van der Waals surface area contributed by atoms with Crippen LogP contribution >= 0.6 is 11.6 Å². The van der Waals surface area contributed by atoms with Crippen molar-refractivity contribution in [1.82, 2.24) is 40.4 Å². The Bertz CT molecular complexity index is 3840. The number of carbonyl (C=O) groups excluding carboxylic acids is 7. The predicted octanol–water partition coefficient (Wildman–Crippen LogP) is 7.07. The van der Waals surface area contributed by atoms with Crippen molar-refractivity contribution in [2.75, 3.05) is 86.9 Å². The fraction of sp³-hybridized carbons (Fsp3) is 0.486. The Morgan fingerprint density at radius 3 is 2.31 bits per heavy atom. The lowest BCUT2D eigenvalue weighted by molar-refractivity contribution is -0.162. The van der Waals surface area contributed by atoms with E-state index in [4.69, 9.17) is 49.5 Å². The lowest BCUT2D eigenvalue weighted by Crippen LogP contribution is -2.63. The van der Waals surface area contributed by atoms with Crippen LogP contribution in [-0.2, 0) is 81.4 Å².